The Kier molecular flexibility index (Phi) is 8.33. The van der Waals surface area contributed by atoms with Gasteiger partial charge in [0.05, 0.1) is 5.69 Å². The molecule has 1 aliphatic carbocycles. The standard InChI is InChI=1S/C60H41NO/c1-60(47-17-3-2-4-18-47)55-23-10-7-21-51(55)52-34-30-46(39-56(52)60)50-20-8-11-24-57(50)61(48-32-28-41(29-33-48)44-27-26-40-14-5-6-15-42(40)36-44)49-19-13-16-43(37-49)45-31-35-59-54(38-45)53-22-9-12-25-58(53)62-59/h2-39H,1H3. The van der Waals surface area contributed by atoms with E-state index in [4.69, 9.17) is 4.42 Å². The molecule has 0 radical (unpaired) electrons. The summed E-state index contributed by atoms with van der Waals surface area (Å²) in [6.07, 6.45) is 0. The van der Waals surface area contributed by atoms with E-state index in [1.165, 1.54) is 55.3 Å². The summed E-state index contributed by atoms with van der Waals surface area (Å²) in [5.74, 6) is 0. The molecule has 0 aliphatic heterocycles. The smallest absolute Gasteiger partial charge is 0.135 e. The number of benzene rings is 10. The summed E-state index contributed by atoms with van der Waals surface area (Å²) in [6.45, 7) is 2.39. The Morgan fingerprint density at radius 2 is 1.00 bits per heavy atom. The van der Waals surface area contributed by atoms with Gasteiger partial charge in [0.25, 0.3) is 0 Å². The fraction of sp³-hybridized carbons (Fsp3) is 0.0333. The molecule has 1 aromatic heterocycles. The van der Waals surface area contributed by atoms with Gasteiger partial charge in [-0.25, -0.2) is 0 Å². The van der Waals surface area contributed by atoms with E-state index in [0.29, 0.717) is 0 Å². The van der Waals surface area contributed by atoms with Crippen LogP contribution in [0.4, 0.5) is 17.1 Å². The van der Waals surface area contributed by atoms with Gasteiger partial charge in [0.15, 0.2) is 0 Å². The van der Waals surface area contributed by atoms with Crippen molar-refractivity contribution in [2.24, 2.45) is 0 Å². The molecule has 10 aromatic carbocycles. The van der Waals surface area contributed by atoms with Gasteiger partial charge < -0.3 is 9.32 Å². The lowest BCUT2D eigenvalue weighted by Crippen LogP contribution is -2.22. The third kappa shape index (κ3) is 5.79. The molecule has 0 fully saturated rings. The van der Waals surface area contributed by atoms with Gasteiger partial charge in [0.1, 0.15) is 11.2 Å². The molecule has 0 bridgehead atoms. The van der Waals surface area contributed by atoms with Crippen molar-refractivity contribution in [2.45, 2.75) is 12.3 Å². The average Bonchev–Trinajstić information content (AvgIpc) is 3.84. The zero-order chi connectivity index (χ0) is 41.2. The molecule has 0 N–H and O–H groups in total. The van der Waals surface area contributed by atoms with Gasteiger partial charge in [-0.3, -0.25) is 0 Å². The van der Waals surface area contributed by atoms with Crippen LogP contribution >= 0.6 is 0 Å². The molecule has 11 aromatic rings. The van der Waals surface area contributed by atoms with Crippen LogP contribution in [0.5, 0.6) is 0 Å². The Balaban J connectivity index is 1.02. The SMILES string of the molecule is CC1(c2ccccc2)c2ccccc2-c2ccc(-c3ccccc3N(c3ccc(-c4ccc5ccccc5c4)cc3)c3cccc(-c4ccc5oc6ccccc6c5c4)c3)cc21. The molecule has 0 spiro atoms. The maximum atomic E-state index is 6.21. The van der Waals surface area contributed by atoms with E-state index < -0.39 is 0 Å². The van der Waals surface area contributed by atoms with Crippen LogP contribution in [0, 0.1) is 0 Å². The number of nitrogens with zero attached hydrogens (tertiary/aromatic N) is 1. The first-order valence-corrected chi connectivity index (χ1v) is 21.4. The minimum absolute atomic E-state index is 0.299. The highest BCUT2D eigenvalue weighted by molar-refractivity contribution is 6.06. The van der Waals surface area contributed by atoms with Crippen molar-refractivity contribution in [1.29, 1.82) is 0 Å². The molecule has 0 saturated heterocycles. The largest absolute Gasteiger partial charge is 0.456 e. The molecular formula is C60H41NO. The van der Waals surface area contributed by atoms with E-state index in [9.17, 15) is 0 Å². The zero-order valence-electron chi connectivity index (χ0n) is 34.3. The number of furan rings is 1. The lowest BCUT2D eigenvalue weighted by Gasteiger charge is -2.30. The van der Waals surface area contributed by atoms with E-state index in [1.54, 1.807) is 0 Å². The second-order valence-electron chi connectivity index (χ2n) is 16.6. The van der Waals surface area contributed by atoms with Crippen LogP contribution < -0.4 is 4.90 Å². The molecule has 12 rings (SSSR count). The van der Waals surface area contributed by atoms with Crippen LogP contribution in [0.25, 0.3) is 77.2 Å². The first-order valence-electron chi connectivity index (χ1n) is 21.4. The molecule has 1 aliphatic rings. The summed E-state index contributed by atoms with van der Waals surface area (Å²) < 4.78 is 6.21. The van der Waals surface area contributed by atoms with Gasteiger partial charge in [0.2, 0.25) is 0 Å². The highest BCUT2D eigenvalue weighted by atomic mass is 16.3. The molecule has 0 amide bonds. The predicted octanol–water partition coefficient (Wildman–Crippen LogP) is 16.5. The molecule has 292 valence electrons. The number of rotatable bonds is 7. The Morgan fingerprint density at radius 3 is 1.89 bits per heavy atom. The Hall–Kier alpha value is -7.94. The summed E-state index contributed by atoms with van der Waals surface area (Å²) in [5.41, 5.74) is 18.3. The fourth-order valence-electron chi connectivity index (χ4n) is 9.98. The molecule has 62 heavy (non-hydrogen) atoms. The van der Waals surface area contributed by atoms with Crippen molar-refractivity contribution in [3.63, 3.8) is 0 Å². The van der Waals surface area contributed by atoms with Crippen LogP contribution in [0.1, 0.15) is 23.6 Å². The van der Waals surface area contributed by atoms with Crippen molar-refractivity contribution >= 4 is 49.8 Å². The Labute approximate surface area is 361 Å². The van der Waals surface area contributed by atoms with Gasteiger partial charge >= 0.3 is 0 Å². The molecule has 1 heterocycles. The Morgan fingerprint density at radius 1 is 0.355 bits per heavy atom. The summed E-state index contributed by atoms with van der Waals surface area (Å²) >= 11 is 0. The van der Waals surface area contributed by atoms with Gasteiger partial charge in [-0.05, 0) is 134 Å². The zero-order valence-corrected chi connectivity index (χ0v) is 34.3. The molecule has 2 nitrogen and oxygen atoms in total. The van der Waals surface area contributed by atoms with Crippen LogP contribution in [0.2, 0.25) is 0 Å². The van der Waals surface area contributed by atoms with Crippen molar-refractivity contribution < 1.29 is 4.42 Å². The lowest BCUT2D eigenvalue weighted by molar-refractivity contribution is 0.669. The van der Waals surface area contributed by atoms with Crippen molar-refractivity contribution in [3.05, 3.63) is 247 Å². The summed E-state index contributed by atoms with van der Waals surface area (Å²) in [4.78, 5) is 2.42. The van der Waals surface area contributed by atoms with E-state index in [-0.39, 0.29) is 5.41 Å². The van der Waals surface area contributed by atoms with Crippen molar-refractivity contribution in [1.82, 2.24) is 0 Å². The number of para-hydroxylation sites is 2. The quantitative estimate of drug-likeness (QED) is 0.160. The van der Waals surface area contributed by atoms with Crippen molar-refractivity contribution in [3.8, 4) is 44.5 Å². The monoisotopic (exact) mass is 791 g/mol. The highest BCUT2D eigenvalue weighted by Crippen LogP contribution is 2.54. The number of hydrogen-bond donors (Lipinski definition) is 0. The maximum Gasteiger partial charge on any atom is 0.135 e. The van der Waals surface area contributed by atoms with Gasteiger partial charge in [-0.1, -0.05) is 170 Å². The Bertz CT molecular complexity index is 3490. The van der Waals surface area contributed by atoms with Crippen molar-refractivity contribution in [2.75, 3.05) is 4.90 Å². The third-order valence-corrected chi connectivity index (χ3v) is 13.1. The topological polar surface area (TPSA) is 16.4 Å². The first-order chi connectivity index (χ1) is 30.6. The van der Waals surface area contributed by atoms with Crippen LogP contribution in [0.3, 0.4) is 0 Å². The molecular weight excluding hydrogens is 751 g/mol. The minimum atomic E-state index is -0.299. The normalized spacial score (nSPS) is 14.3. The van der Waals surface area contributed by atoms with Gasteiger partial charge in [-0.15, -0.1) is 0 Å². The van der Waals surface area contributed by atoms with Crippen LogP contribution in [-0.4, -0.2) is 0 Å². The number of hydrogen-bond acceptors (Lipinski definition) is 2. The summed E-state index contributed by atoms with van der Waals surface area (Å²) in [5, 5.41) is 4.73. The second kappa shape index (κ2) is 14.4. The second-order valence-corrected chi connectivity index (χ2v) is 16.6. The predicted molar refractivity (Wildman–Crippen MR) is 260 cm³/mol. The van der Waals surface area contributed by atoms with E-state index in [0.717, 1.165) is 55.7 Å². The summed E-state index contributed by atoms with van der Waals surface area (Å²) in [7, 11) is 0. The molecule has 0 saturated carbocycles. The summed E-state index contributed by atoms with van der Waals surface area (Å²) in [6, 6.07) is 84.0. The fourth-order valence-corrected chi connectivity index (χ4v) is 9.98. The number of anilines is 3. The average molecular weight is 792 g/mol. The van der Waals surface area contributed by atoms with Gasteiger partial charge in [0, 0.05) is 33.1 Å². The molecule has 1 atom stereocenters. The molecule has 2 heteroatoms. The molecule has 1 unspecified atom stereocenters. The van der Waals surface area contributed by atoms with E-state index in [2.05, 4.69) is 230 Å². The van der Waals surface area contributed by atoms with Crippen LogP contribution in [0.15, 0.2) is 235 Å². The van der Waals surface area contributed by atoms with Gasteiger partial charge in [-0.2, -0.15) is 0 Å². The lowest BCUT2D eigenvalue weighted by atomic mass is 9.74. The first kappa shape index (κ1) is 36.0. The maximum absolute atomic E-state index is 6.21. The van der Waals surface area contributed by atoms with E-state index in [1.807, 2.05) is 12.1 Å². The number of fused-ring (bicyclic) bond motifs is 7. The highest BCUT2D eigenvalue weighted by Gasteiger charge is 2.40. The minimum Gasteiger partial charge on any atom is -0.456 e. The van der Waals surface area contributed by atoms with Crippen LogP contribution in [-0.2, 0) is 5.41 Å². The van der Waals surface area contributed by atoms with E-state index >= 15 is 0 Å². The third-order valence-electron chi connectivity index (χ3n) is 13.1.